The largest absolute Gasteiger partial charge is 0.461 e. The minimum Gasteiger partial charge on any atom is -0.461 e. The zero-order valence-corrected chi connectivity index (χ0v) is 10.1. The van der Waals surface area contributed by atoms with Gasteiger partial charge in [-0.1, -0.05) is 5.16 Å². The summed E-state index contributed by atoms with van der Waals surface area (Å²) in [6.45, 7) is 4.11. The van der Waals surface area contributed by atoms with Crippen LogP contribution in [0.5, 0.6) is 0 Å². The number of aromatic nitrogens is 4. The maximum atomic E-state index is 5.20. The van der Waals surface area contributed by atoms with Crippen molar-refractivity contribution in [2.24, 2.45) is 0 Å². The lowest BCUT2D eigenvalue weighted by Crippen LogP contribution is -2.00. The summed E-state index contributed by atoms with van der Waals surface area (Å²) in [6.07, 6.45) is 3.45. The molecule has 92 valence electrons. The molecular formula is C12H12N4O2. The van der Waals surface area contributed by atoms with E-state index in [1.54, 1.807) is 18.4 Å². The van der Waals surface area contributed by atoms with Crippen molar-refractivity contribution >= 4 is 0 Å². The van der Waals surface area contributed by atoms with Gasteiger partial charge in [-0.3, -0.25) is 4.68 Å². The van der Waals surface area contributed by atoms with E-state index in [1.165, 1.54) is 0 Å². The number of rotatable bonds is 3. The molecule has 0 spiro atoms. The zero-order valence-electron chi connectivity index (χ0n) is 10.1. The van der Waals surface area contributed by atoms with E-state index < -0.39 is 0 Å². The van der Waals surface area contributed by atoms with Gasteiger partial charge in [0.1, 0.15) is 0 Å². The van der Waals surface area contributed by atoms with Gasteiger partial charge in [0.05, 0.1) is 6.26 Å². The Morgan fingerprint density at radius 1 is 1.28 bits per heavy atom. The third kappa shape index (κ3) is 1.81. The summed E-state index contributed by atoms with van der Waals surface area (Å²) in [5.74, 6) is 1.39. The fourth-order valence-corrected chi connectivity index (χ4v) is 1.57. The molecule has 0 saturated carbocycles. The van der Waals surface area contributed by atoms with E-state index >= 15 is 0 Å². The molecule has 0 aliphatic carbocycles. The molecule has 0 amide bonds. The molecule has 3 rings (SSSR count). The van der Waals surface area contributed by atoms with Crippen molar-refractivity contribution in [3.63, 3.8) is 0 Å². The molecule has 0 aliphatic rings. The number of hydrogen-bond donors (Lipinski definition) is 0. The standard InChI is InChI=1S/C12H12N4O2/c1-8(2)16-6-5-9(14-16)12-13-11(15-18-12)10-4-3-7-17-10/h3-8H,1-2H3. The van der Waals surface area contributed by atoms with Crippen molar-refractivity contribution in [1.82, 2.24) is 19.9 Å². The molecule has 0 aliphatic heterocycles. The van der Waals surface area contributed by atoms with Crippen LogP contribution >= 0.6 is 0 Å². The Hall–Kier alpha value is -2.37. The zero-order chi connectivity index (χ0) is 12.5. The van der Waals surface area contributed by atoms with Crippen molar-refractivity contribution in [3.8, 4) is 23.2 Å². The molecule has 0 unspecified atom stereocenters. The molecule has 18 heavy (non-hydrogen) atoms. The van der Waals surface area contributed by atoms with Crippen LogP contribution in [0.1, 0.15) is 19.9 Å². The van der Waals surface area contributed by atoms with Crippen LogP contribution in [0.3, 0.4) is 0 Å². The second kappa shape index (κ2) is 4.14. The normalized spacial score (nSPS) is 11.3. The highest BCUT2D eigenvalue weighted by molar-refractivity contribution is 5.52. The first-order valence-corrected chi connectivity index (χ1v) is 5.67. The average molecular weight is 244 g/mol. The fourth-order valence-electron chi connectivity index (χ4n) is 1.57. The highest BCUT2D eigenvalue weighted by Gasteiger charge is 2.14. The highest BCUT2D eigenvalue weighted by Crippen LogP contribution is 2.21. The van der Waals surface area contributed by atoms with Crippen molar-refractivity contribution in [3.05, 3.63) is 30.7 Å². The van der Waals surface area contributed by atoms with Gasteiger partial charge in [-0.15, -0.1) is 0 Å². The Labute approximate surface area is 103 Å². The minimum atomic E-state index is 0.297. The van der Waals surface area contributed by atoms with Crippen molar-refractivity contribution in [2.45, 2.75) is 19.9 Å². The summed E-state index contributed by atoms with van der Waals surface area (Å²) < 4.78 is 12.2. The Morgan fingerprint density at radius 3 is 2.83 bits per heavy atom. The summed E-state index contributed by atoms with van der Waals surface area (Å²) in [5.41, 5.74) is 0.661. The summed E-state index contributed by atoms with van der Waals surface area (Å²) in [4.78, 5) is 4.25. The van der Waals surface area contributed by atoms with Crippen molar-refractivity contribution in [2.75, 3.05) is 0 Å². The molecule has 0 fully saturated rings. The molecule has 0 atom stereocenters. The van der Waals surface area contributed by atoms with E-state index in [0.717, 1.165) is 0 Å². The molecule has 6 nitrogen and oxygen atoms in total. The predicted octanol–water partition coefficient (Wildman–Crippen LogP) is 2.77. The Balaban J connectivity index is 1.93. The first kappa shape index (κ1) is 10.8. The third-order valence-corrected chi connectivity index (χ3v) is 2.52. The Morgan fingerprint density at radius 2 is 2.17 bits per heavy atom. The molecule has 0 saturated heterocycles. The van der Waals surface area contributed by atoms with Gasteiger partial charge in [0.2, 0.25) is 5.82 Å². The lowest BCUT2D eigenvalue weighted by atomic mass is 10.4. The smallest absolute Gasteiger partial charge is 0.278 e. The van der Waals surface area contributed by atoms with Gasteiger partial charge < -0.3 is 8.94 Å². The van der Waals surface area contributed by atoms with E-state index in [0.29, 0.717) is 29.2 Å². The fraction of sp³-hybridized carbons (Fsp3) is 0.250. The van der Waals surface area contributed by atoms with Crippen LogP contribution in [0.25, 0.3) is 23.2 Å². The van der Waals surface area contributed by atoms with E-state index in [4.69, 9.17) is 8.94 Å². The van der Waals surface area contributed by atoms with E-state index in [1.807, 2.05) is 16.9 Å². The van der Waals surface area contributed by atoms with Crippen molar-refractivity contribution < 1.29 is 8.94 Å². The summed E-state index contributed by atoms with van der Waals surface area (Å²) >= 11 is 0. The molecule has 3 heterocycles. The second-order valence-corrected chi connectivity index (χ2v) is 4.18. The molecule has 0 bridgehead atoms. The van der Waals surface area contributed by atoms with Gasteiger partial charge in [0.15, 0.2) is 11.5 Å². The Kier molecular flexibility index (Phi) is 2.47. The van der Waals surface area contributed by atoms with E-state index in [-0.39, 0.29) is 0 Å². The SMILES string of the molecule is CC(C)n1ccc(-c2nc(-c3ccco3)no2)n1. The van der Waals surface area contributed by atoms with Gasteiger partial charge in [0.25, 0.3) is 5.89 Å². The van der Waals surface area contributed by atoms with Gasteiger partial charge >= 0.3 is 0 Å². The molecule has 0 radical (unpaired) electrons. The molecular weight excluding hydrogens is 232 g/mol. The van der Waals surface area contributed by atoms with E-state index in [2.05, 4.69) is 29.1 Å². The van der Waals surface area contributed by atoms with Gasteiger partial charge in [0, 0.05) is 12.2 Å². The molecule has 0 aromatic carbocycles. The predicted molar refractivity (Wildman–Crippen MR) is 63.6 cm³/mol. The number of nitrogens with zero attached hydrogens (tertiary/aromatic N) is 4. The number of furan rings is 1. The first-order valence-electron chi connectivity index (χ1n) is 5.67. The maximum Gasteiger partial charge on any atom is 0.278 e. The van der Waals surface area contributed by atoms with Crippen LogP contribution in [0.4, 0.5) is 0 Å². The quantitative estimate of drug-likeness (QED) is 0.708. The molecule has 6 heteroatoms. The van der Waals surface area contributed by atoms with Crippen molar-refractivity contribution in [1.29, 1.82) is 0 Å². The minimum absolute atomic E-state index is 0.297. The lowest BCUT2D eigenvalue weighted by Gasteiger charge is -2.02. The first-order chi connectivity index (χ1) is 8.74. The molecule has 3 aromatic rings. The summed E-state index contributed by atoms with van der Waals surface area (Å²) in [7, 11) is 0. The lowest BCUT2D eigenvalue weighted by molar-refractivity contribution is 0.426. The van der Waals surface area contributed by atoms with E-state index in [9.17, 15) is 0 Å². The topological polar surface area (TPSA) is 69.9 Å². The second-order valence-electron chi connectivity index (χ2n) is 4.18. The summed E-state index contributed by atoms with van der Waals surface area (Å²) in [6, 6.07) is 5.70. The van der Waals surface area contributed by atoms with Crippen LogP contribution in [0.15, 0.2) is 39.6 Å². The van der Waals surface area contributed by atoms with Crippen LogP contribution in [-0.2, 0) is 0 Å². The third-order valence-electron chi connectivity index (χ3n) is 2.52. The maximum absolute atomic E-state index is 5.20. The average Bonchev–Trinajstić information content (AvgIpc) is 3.10. The Bertz CT molecular complexity index is 637. The van der Waals surface area contributed by atoms with Gasteiger partial charge in [-0.05, 0) is 32.0 Å². The van der Waals surface area contributed by atoms with Crippen LogP contribution in [-0.4, -0.2) is 19.9 Å². The monoisotopic (exact) mass is 244 g/mol. The van der Waals surface area contributed by atoms with Gasteiger partial charge in [-0.2, -0.15) is 10.1 Å². The summed E-state index contributed by atoms with van der Waals surface area (Å²) in [5, 5.41) is 8.22. The van der Waals surface area contributed by atoms with Crippen LogP contribution in [0.2, 0.25) is 0 Å². The molecule has 3 aromatic heterocycles. The molecule has 0 N–H and O–H groups in total. The van der Waals surface area contributed by atoms with Gasteiger partial charge in [-0.25, -0.2) is 0 Å². The van der Waals surface area contributed by atoms with Crippen LogP contribution < -0.4 is 0 Å². The van der Waals surface area contributed by atoms with Crippen LogP contribution in [0, 0.1) is 0 Å². The highest BCUT2D eigenvalue weighted by atomic mass is 16.5. The number of hydrogen-bond acceptors (Lipinski definition) is 5.